The quantitative estimate of drug-likeness (QED) is 0.636. The number of rotatable bonds is 0. The Bertz CT molecular complexity index is 220. The fraction of sp³-hybridized carbons (Fsp3) is 0.667. The van der Waals surface area contributed by atoms with Gasteiger partial charge in [0.15, 0.2) is 0 Å². The third-order valence-electron chi connectivity index (χ3n) is 1.74. The first-order chi connectivity index (χ1) is 4.86. The highest BCUT2D eigenvalue weighted by Gasteiger charge is 2.11. The van der Waals surface area contributed by atoms with Gasteiger partial charge in [0.25, 0.3) is 0 Å². The molecule has 1 aliphatic heterocycles. The second kappa shape index (κ2) is 2.34. The zero-order chi connectivity index (χ0) is 6.97. The van der Waals surface area contributed by atoms with Crippen molar-refractivity contribution in [2.24, 2.45) is 0 Å². The van der Waals surface area contributed by atoms with E-state index in [-0.39, 0.29) is 0 Å². The fourth-order valence-electron chi connectivity index (χ4n) is 1.25. The van der Waals surface area contributed by atoms with Crippen LogP contribution in [0.1, 0.15) is 18.7 Å². The molecule has 0 saturated heterocycles. The largest absolute Gasteiger partial charge is 0.249 e. The summed E-state index contributed by atoms with van der Waals surface area (Å²) in [5.74, 6) is 1.12. The molecule has 2 rings (SSSR count). The monoisotopic (exact) mass is 201 g/mol. The second-order valence-electron chi connectivity index (χ2n) is 2.48. The maximum absolute atomic E-state index is 4.22. The molecule has 0 aliphatic carbocycles. The van der Waals surface area contributed by atoms with Gasteiger partial charge in [-0.05, 0) is 28.8 Å². The van der Waals surface area contributed by atoms with Gasteiger partial charge < -0.3 is 0 Å². The summed E-state index contributed by atoms with van der Waals surface area (Å²) >= 11 is 3.25. The van der Waals surface area contributed by atoms with Crippen LogP contribution in [0.3, 0.4) is 0 Å². The topological polar surface area (TPSA) is 30.7 Å². The van der Waals surface area contributed by atoms with E-state index in [0.717, 1.165) is 23.5 Å². The van der Waals surface area contributed by atoms with E-state index in [0.29, 0.717) is 0 Å². The summed E-state index contributed by atoms with van der Waals surface area (Å²) in [5.41, 5.74) is 0. The predicted molar refractivity (Wildman–Crippen MR) is 40.7 cm³/mol. The van der Waals surface area contributed by atoms with Crippen LogP contribution in [0.5, 0.6) is 0 Å². The number of aryl methyl sites for hydroxylation is 2. The highest BCUT2D eigenvalue weighted by atomic mass is 79.9. The van der Waals surface area contributed by atoms with Crippen molar-refractivity contribution in [3.8, 4) is 0 Å². The molecule has 4 heteroatoms. The Morgan fingerprint density at radius 3 is 3.10 bits per heavy atom. The molecule has 54 valence electrons. The first kappa shape index (κ1) is 6.34. The van der Waals surface area contributed by atoms with Crippen LogP contribution in [-0.2, 0) is 13.0 Å². The molecular weight excluding hydrogens is 194 g/mol. The Morgan fingerprint density at radius 2 is 2.30 bits per heavy atom. The fourth-order valence-corrected chi connectivity index (χ4v) is 1.65. The standard InChI is InChI=1S/C6H8BrN3/c7-6-8-5-3-1-2-4-10(5)9-6/h1-4H2. The summed E-state index contributed by atoms with van der Waals surface area (Å²) in [4.78, 5) is 4.22. The summed E-state index contributed by atoms with van der Waals surface area (Å²) in [6.45, 7) is 1.04. The Morgan fingerprint density at radius 1 is 1.40 bits per heavy atom. The molecule has 0 radical (unpaired) electrons. The number of aromatic nitrogens is 3. The highest BCUT2D eigenvalue weighted by molar-refractivity contribution is 9.10. The number of hydrogen-bond donors (Lipinski definition) is 0. The Balaban J connectivity index is 2.41. The second-order valence-corrected chi connectivity index (χ2v) is 3.19. The van der Waals surface area contributed by atoms with E-state index in [1.807, 2.05) is 4.68 Å². The molecule has 0 fully saturated rings. The molecule has 1 aliphatic rings. The van der Waals surface area contributed by atoms with Gasteiger partial charge in [-0.1, -0.05) is 0 Å². The number of halogens is 1. The van der Waals surface area contributed by atoms with E-state index in [4.69, 9.17) is 0 Å². The average molecular weight is 202 g/mol. The van der Waals surface area contributed by atoms with Crippen molar-refractivity contribution in [3.05, 3.63) is 10.6 Å². The maximum Gasteiger partial charge on any atom is 0.217 e. The number of fused-ring (bicyclic) bond motifs is 1. The third kappa shape index (κ3) is 0.963. The number of nitrogens with zero attached hydrogens (tertiary/aromatic N) is 3. The summed E-state index contributed by atoms with van der Waals surface area (Å²) in [6, 6.07) is 0. The molecule has 3 nitrogen and oxygen atoms in total. The van der Waals surface area contributed by atoms with Crippen molar-refractivity contribution in [1.29, 1.82) is 0 Å². The molecule has 0 unspecified atom stereocenters. The van der Waals surface area contributed by atoms with Gasteiger partial charge in [0.05, 0.1) is 0 Å². The van der Waals surface area contributed by atoms with Gasteiger partial charge in [-0.25, -0.2) is 9.67 Å². The highest BCUT2D eigenvalue weighted by Crippen LogP contribution is 2.13. The van der Waals surface area contributed by atoms with Crippen molar-refractivity contribution < 1.29 is 0 Å². The molecule has 0 bridgehead atoms. The summed E-state index contributed by atoms with van der Waals surface area (Å²) in [6.07, 6.45) is 3.58. The van der Waals surface area contributed by atoms with Crippen LogP contribution < -0.4 is 0 Å². The summed E-state index contributed by atoms with van der Waals surface area (Å²) < 4.78 is 2.71. The van der Waals surface area contributed by atoms with E-state index in [9.17, 15) is 0 Å². The van der Waals surface area contributed by atoms with E-state index in [2.05, 4.69) is 26.0 Å². The predicted octanol–water partition coefficient (Wildman–Crippen LogP) is 1.38. The van der Waals surface area contributed by atoms with Gasteiger partial charge in [-0.2, -0.15) is 0 Å². The lowest BCUT2D eigenvalue weighted by Gasteiger charge is -2.09. The molecule has 2 heterocycles. The Labute approximate surface area is 67.6 Å². The molecule has 10 heavy (non-hydrogen) atoms. The van der Waals surface area contributed by atoms with Crippen molar-refractivity contribution in [1.82, 2.24) is 14.8 Å². The summed E-state index contributed by atoms with van der Waals surface area (Å²) in [7, 11) is 0. The first-order valence-electron chi connectivity index (χ1n) is 3.45. The van der Waals surface area contributed by atoms with Crippen LogP contribution in [-0.4, -0.2) is 14.8 Å². The molecule has 1 aromatic heterocycles. The van der Waals surface area contributed by atoms with Gasteiger partial charge in [0, 0.05) is 13.0 Å². The normalized spacial score (nSPS) is 16.9. The lowest BCUT2D eigenvalue weighted by atomic mass is 10.2. The third-order valence-corrected chi connectivity index (χ3v) is 2.08. The van der Waals surface area contributed by atoms with Crippen LogP contribution in [0.25, 0.3) is 0 Å². The van der Waals surface area contributed by atoms with E-state index in [1.165, 1.54) is 12.8 Å². The van der Waals surface area contributed by atoms with Crippen LogP contribution in [0.4, 0.5) is 0 Å². The number of hydrogen-bond acceptors (Lipinski definition) is 2. The molecule has 0 amide bonds. The molecule has 0 aromatic carbocycles. The molecule has 0 atom stereocenters. The van der Waals surface area contributed by atoms with Gasteiger partial charge in [0.1, 0.15) is 5.82 Å². The van der Waals surface area contributed by atoms with Gasteiger partial charge >= 0.3 is 0 Å². The first-order valence-corrected chi connectivity index (χ1v) is 4.25. The van der Waals surface area contributed by atoms with Crippen LogP contribution in [0.2, 0.25) is 0 Å². The van der Waals surface area contributed by atoms with Crippen LogP contribution in [0.15, 0.2) is 4.73 Å². The summed E-state index contributed by atoms with van der Waals surface area (Å²) in [5, 5.41) is 4.17. The Hall–Kier alpha value is -0.380. The van der Waals surface area contributed by atoms with Crippen molar-refractivity contribution in [3.63, 3.8) is 0 Å². The minimum atomic E-state index is 0.726. The molecule has 0 spiro atoms. The van der Waals surface area contributed by atoms with Crippen LogP contribution >= 0.6 is 15.9 Å². The molecule has 0 saturated carbocycles. The van der Waals surface area contributed by atoms with Crippen LogP contribution in [0, 0.1) is 0 Å². The maximum atomic E-state index is 4.22. The average Bonchev–Trinajstić information content (AvgIpc) is 2.27. The zero-order valence-corrected chi connectivity index (χ0v) is 7.13. The van der Waals surface area contributed by atoms with Gasteiger partial charge in [0.2, 0.25) is 4.73 Å². The zero-order valence-electron chi connectivity index (χ0n) is 5.55. The van der Waals surface area contributed by atoms with Gasteiger partial charge in [-0.3, -0.25) is 0 Å². The van der Waals surface area contributed by atoms with Gasteiger partial charge in [-0.15, -0.1) is 5.10 Å². The van der Waals surface area contributed by atoms with E-state index >= 15 is 0 Å². The lowest BCUT2D eigenvalue weighted by molar-refractivity contribution is 0.479. The minimum absolute atomic E-state index is 0.726. The molecule has 1 aromatic rings. The van der Waals surface area contributed by atoms with Crippen molar-refractivity contribution >= 4 is 15.9 Å². The SMILES string of the molecule is Brc1nc2n(n1)CCCC2. The van der Waals surface area contributed by atoms with E-state index < -0.39 is 0 Å². The van der Waals surface area contributed by atoms with E-state index in [1.54, 1.807) is 0 Å². The minimum Gasteiger partial charge on any atom is -0.249 e. The smallest absolute Gasteiger partial charge is 0.217 e. The molecule has 0 N–H and O–H groups in total. The van der Waals surface area contributed by atoms with Crippen molar-refractivity contribution in [2.75, 3.05) is 0 Å². The Kier molecular flexibility index (Phi) is 1.48. The van der Waals surface area contributed by atoms with Crippen molar-refractivity contribution in [2.45, 2.75) is 25.8 Å². The lowest BCUT2D eigenvalue weighted by Crippen LogP contribution is -2.11. The molecular formula is C6H8BrN3.